The Morgan fingerprint density at radius 2 is 2.00 bits per heavy atom. The molecule has 2 bridgehead atoms. The third kappa shape index (κ3) is 2.96. The van der Waals surface area contributed by atoms with Gasteiger partial charge in [0.2, 0.25) is 0 Å². The van der Waals surface area contributed by atoms with Gasteiger partial charge in [0.05, 0.1) is 0 Å². The Morgan fingerprint density at radius 1 is 1.25 bits per heavy atom. The summed E-state index contributed by atoms with van der Waals surface area (Å²) >= 11 is 12.3. The summed E-state index contributed by atoms with van der Waals surface area (Å²) in [4.78, 5) is 5.04. The van der Waals surface area contributed by atoms with Crippen LogP contribution >= 0.6 is 23.2 Å². The van der Waals surface area contributed by atoms with E-state index in [-0.39, 0.29) is 6.04 Å². The lowest BCUT2D eigenvalue weighted by atomic mass is 9.95. The van der Waals surface area contributed by atoms with Crippen LogP contribution in [0, 0.1) is 0 Å². The SMILES string of the molecule is NNC(Cc1cc(Cl)ccc1Cl)C1CN2CCN1CC2. The van der Waals surface area contributed by atoms with E-state index in [9.17, 15) is 0 Å². The molecule has 0 spiro atoms. The monoisotopic (exact) mass is 314 g/mol. The molecule has 4 nitrogen and oxygen atoms in total. The van der Waals surface area contributed by atoms with Crippen LogP contribution in [-0.4, -0.2) is 54.6 Å². The number of rotatable bonds is 4. The summed E-state index contributed by atoms with van der Waals surface area (Å²) < 4.78 is 0. The van der Waals surface area contributed by atoms with Crippen molar-refractivity contribution in [2.24, 2.45) is 5.84 Å². The molecule has 3 aliphatic heterocycles. The molecule has 6 heteroatoms. The third-order valence-corrected chi connectivity index (χ3v) is 5.05. The Bertz CT molecular complexity index is 474. The molecule has 0 aromatic heterocycles. The van der Waals surface area contributed by atoms with Gasteiger partial charge in [-0.1, -0.05) is 23.2 Å². The van der Waals surface area contributed by atoms with Gasteiger partial charge < -0.3 is 0 Å². The van der Waals surface area contributed by atoms with Gasteiger partial charge in [0.25, 0.3) is 0 Å². The van der Waals surface area contributed by atoms with E-state index in [1.807, 2.05) is 18.2 Å². The highest BCUT2D eigenvalue weighted by molar-refractivity contribution is 6.33. The second kappa shape index (κ2) is 6.18. The summed E-state index contributed by atoms with van der Waals surface area (Å²) in [5.74, 6) is 5.80. The van der Waals surface area contributed by atoms with Crippen molar-refractivity contribution in [3.05, 3.63) is 33.8 Å². The number of hydrogen-bond donors (Lipinski definition) is 2. The summed E-state index contributed by atoms with van der Waals surface area (Å²) in [5.41, 5.74) is 4.04. The maximum absolute atomic E-state index is 6.26. The van der Waals surface area contributed by atoms with Gasteiger partial charge in [-0.25, -0.2) is 0 Å². The highest BCUT2D eigenvalue weighted by Crippen LogP contribution is 2.25. The van der Waals surface area contributed by atoms with Crippen molar-refractivity contribution >= 4 is 23.2 Å². The standard InChI is InChI=1S/C14H20Cl2N4/c15-11-1-2-12(16)10(7-11)8-13(18-17)14-9-19-3-5-20(14)6-4-19/h1-2,7,13-14,18H,3-6,8-9,17H2. The highest BCUT2D eigenvalue weighted by Gasteiger charge is 2.36. The molecule has 2 atom stereocenters. The molecule has 3 heterocycles. The molecule has 3 N–H and O–H groups in total. The third-order valence-electron chi connectivity index (χ3n) is 4.45. The molecule has 4 rings (SSSR count). The van der Waals surface area contributed by atoms with Gasteiger partial charge in [0.15, 0.2) is 0 Å². The van der Waals surface area contributed by atoms with Gasteiger partial charge in [-0.2, -0.15) is 0 Å². The minimum Gasteiger partial charge on any atom is -0.299 e. The van der Waals surface area contributed by atoms with E-state index in [0.717, 1.165) is 41.7 Å². The topological polar surface area (TPSA) is 44.5 Å². The molecule has 1 aromatic carbocycles. The largest absolute Gasteiger partial charge is 0.299 e. The molecule has 1 aromatic rings. The molecule has 0 amide bonds. The molecule has 110 valence electrons. The lowest BCUT2D eigenvalue weighted by Crippen LogP contribution is -2.67. The predicted molar refractivity (Wildman–Crippen MR) is 83.1 cm³/mol. The van der Waals surface area contributed by atoms with Crippen molar-refractivity contribution in [2.45, 2.75) is 18.5 Å². The Kier molecular flexibility index (Phi) is 4.50. The van der Waals surface area contributed by atoms with Crippen molar-refractivity contribution in [3.63, 3.8) is 0 Å². The number of piperazine rings is 3. The zero-order valence-corrected chi connectivity index (χ0v) is 12.9. The first-order valence-electron chi connectivity index (χ1n) is 7.04. The fourth-order valence-electron chi connectivity index (χ4n) is 3.28. The van der Waals surface area contributed by atoms with Gasteiger partial charge in [-0.3, -0.25) is 21.1 Å². The molecule has 3 fully saturated rings. The van der Waals surface area contributed by atoms with E-state index in [2.05, 4.69) is 15.2 Å². The predicted octanol–water partition coefficient (Wildman–Crippen LogP) is 1.37. The number of hydrazine groups is 1. The Morgan fingerprint density at radius 3 is 2.60 bits per heavy atom. The van der Waals surface area contributed by atoms with Crippen molar-refractivity contribution in [1.29, 1.82) is 0 Å². The second-order valence-corrected chi connectivity index (χ2v) is 6.46. The quantitative estimate of drug-likeness (QED) is 0.651. The number of halogens is 2. The Hall–Kier alpha value is -0.360. The van der Waals surface area contributed by atoms with Gasteiger partial charge in [-0.15, -0.1) is 0 Å². The van der Waals surface area contributed by atoms with Crippen LogP contribution in [-0.2, 0) is 6.42 Å². The maximum atomic E-state index is 6.26. The van der Waals surface area contributed by atoms with Crippen LogP contribution in [0.15, 0.2) is 18.2 Å². The minimum absolute atomic E-state index is 0.189. The first-order chi connectivity index (χ1) is 9.67. The summed E-state index contributed by atoms with van der Waals surface area (Å²) in [6.45, 7) is 5.68. The normalized spacial score (nSPS) is 30.4. The van der Waals surface area contributed by atoms with E-state index in [4.69, 9.17) is 29.0 Å². The van der Waals surface area contributed by atoms with Crippen molar-refractivity contribution in [1.82, 2.24) is 15.2 Å². The van der Waals surface area contributed by atoms with Gasteiger partial charge >= 0.3 is 0 Å². The van der Waals surface area contributed by atoms with Gasteiger partial charge in [0, 0.05) is 54.9 Å². The molecular weight excluding hydrogens is 295 g/mol. The molecule has 3 saturated heterocycles. The number of nitrogens with one attached hydrogen (secondary N) is 1. The number of fused-ring (bicyclic) bond motifs is 3. The molecule has 20 heavy (non-hydrogen) atoms. The zero-order chi connectivity index (χ0) is 14.1. The van der Waals surface area contributed by atoms with E-state index < -0.39 is 0 Å². The number of nitrogens with zero attached hydrogens (tertiary/aromatic N) is 2. The lowest BCUT2D eigenvalue weighted by molar-refractivity contribution is -0.00314. The van der Waals surface area contributed by atoms with Crippen molar-refractivity contribution < 1.29 is 0 Å². The molecule has 0 saturated carbocycles. The average Bonchev–Trinajstić information content (AvgIpc) is 2.49. The number of benzene rings is 1. The fraction of sp³-hybridized carbons (Fsp3) is 0.571. The van der Waals surface area contributed by atoms with E-state index in [0.29, 0.717) is 6.04 Å². The molecule has 0 radical (unpaired) electrons. The van der Waals surface area contributed by atoms with Crippen LogP contribution in [0.2, 0.25) is 10.0 Å². The minimum atomic E-state index is 0.189. The Balaban J connectivity index is 1.75. The first kappa shape index (κ1) is 14.6. The lowest BCUT2D eigenvalue weighted by Gasteiger charge is -2.50. The van der Waals surface area contributed by atoms with Crippen LogP contribution in [0.4, 0.5) is 0 Å². The smallest absolute Gasteiger partial charge is 0.0439 e. The van der Waals surface area contributed by atoms with Crippen LogP contribution in [0.1, 0.15) is 5.56 Å². The van der Waals surface area contributed by atoms with Gasteiger partial charge in [0.1, 0.15) is 0 Å². The average molecular weight is 315 g/mol. The summed E-state index contributed by atoms with van der Waals surface area (Å²) in [6, 6.07) is 6.23. The zero-order valence-electron chi connectivity index (χ0n) is 11.4. The Labute approximate surface area is 129 Å². The first-order valence-corrected chi connectivity index (χ1v) is 7.79. The summed E-state index contributed by atoms with van der Waals surface area (Å²) in [5, 5.41) is 1.47. The van der Waals surface area contributed by atoms with Crippen molar-refractivity contribution in [2.75, 3.05) is 32.7 Å². The maximum Gasteiger partial charge on any atom is 0.0439 e. The van der Waals surface area contributed by atoms with E-state index >= 15 is 0 Å². The summed E-state index contributed by atoms with van der Waals surface area (Å²) in [7, 11) is 0. The van der Waals surface area contributed by atoms with Crippen LogP contribution in [0.5, 0.6) is 0 Å². The molecular formula is C14H20Cl2N4. The van der Waals surface area contributed by atoms with E-state index in [1.54, 1.807) is 0 Å². The second-order valence-electron chi connectivity index (χ2n) is 5.62. The highest BCUT2D eigenvalue weighted by atomic mass is 35.5. The fourth-order valence-corrected chi connectivity index (χ4v) is 3.67. The number of hydrogen-bond acceptors (Lipinski definition) is 4. The van der Waals surface area contributed by atoms with Crippen LogP contribution in [0.3, 0.4) is 0 Å². The van der Waals surface area contributed by atoms with Crippen LogP contribution < -0.4 is 11.3 Å². The molecule has 3 aliphatic rings. The van der Waals surface area contributed by atoms with Crippen molar-refractivity contribution in [3.8, 4) is 0 Å². The van der Waals surface area contributed by atoms with Gasteiger partial charge in [-0.05, 0) is 30.2 Å². The molecule has 0 aliphatic carbocycles. The molecule has 2 unspecified atom stereocenters. The summed E-state index contributed by atoms with van der Waals surface area (Å²) in [6.07, 6.45) is 0.797. The van der Waals surface area contributed by atoms with Crippen LogP contribution in [0.25, 0.3) is 0 Å². The number of nitrogens with two attached hydrogens (primary N) is 1. The van der Waals surface area contributed by atoms with E-state index in [1.165, 1.54) is 13.1 Å².